The van der Waals surface area contributed by atoms with E-state index in [1.807, 2.05) is 54.1 Å². The van der Waals surface area contributed by atoms with Gasteiger partial charge in [-0.05, 0) is 43.0 Å². The van der Waals surface area contributed by atoms with Gasteiger partial charge in [-0.25, -0.2) is 0 Å². The van der Waals surface area contributed by atoms with Crippen molar-refractivity contribution in [3.63, 3.8) is 0 Å². The van der Waals surface area contributed by atoms with Gasteiger partial charge in [0.1, 0.15) is 0 Å². The summed E-state index contributed by atoms with van der Waals surface area (Å²) >= 11 is 3.44. The first-order valence-electron chi connectivity index (χ1n) is 10.2. The lowest BCUT2D eigenvalue weighted by Gasteiger charge is -2.10. The van der Waals surface area contributed by atoms with Crippen molar-refractivity contribution in [1.29, 1.82) is 0 Å². The second-order valence-electron chi connectivity index (χ2n) is 7.34. The Morgan fingerprint density at radius 3 is 2.58 bits per heavy atom. The fourth-order valence-electron chi connectivity index (χ4n) is 3.49. The molecule has 31 heavy (non-hydrogen) atoms. The van der Waals surface area contributed by atoms with Gasteiger partial charge in [-0.1, -0.05) is 48.5 Å². The normalized spacial score (nSPS) is 10.9. The van der Waals surface area contributed by atoms with Crippen LogP contribution < -0.4 is 5.32 Å². The van der Waals surface area contributed by atoms with Crippen LogP contribution in [0, 0.1) is 13.8 Å². The van der Waals surface area contributed by atoms with Crippen LogP contribution in [0.25, 0.3) is 0 Å². The smallest absolute Gasteiger partial charge is 0.252 e. The minimum Gasteiger partial charge on any atom is -0.348 e. The molecule has 1 amide bonds. The molecule has 0 atom stereocenters. The number of carbonyl (C=O) groups is 1. The minimum atomic E-state index is -0.0520. The van der Waals surface area contributed by atoms with E-state index in [9.17, 15) is 4.79 Å². The number of aryl methyl sites for hydroxylation is 1. The molecule has 158 valence electrons. The number of aromatic nitrogens is 2. The highest BCUT2D eigenvalue weighted by Crippen LogP contribution is 2.28. The largest absolute Gasteiger partial charge is 0.348 e. The molecule has 0 bridgehead atoms. The SMILES string of the molecule is Cc1nn(Cc2ccccc2)c(C)c1CNC(=O)c1ccccc1SCc1cccs1. The monoisotopic (exact) mass is 447 g/mol. The van der Waals surface area contributed by atoms with Gasteiger partial charge in [0, 0.05) is 33.3 Å². The molecule has 0 saturated carbocycles. The maximum Gasteiger partial charge on any atom is 0.252 e. The molecule has 0 aliphatic rings. The molecule has 0 unspecified atom stereocenters. The summed E-state index contributed by atoms with van der Waals surface area (Å²) in [5.74, 6) is 0.816. The van der Waals surface area contributed by atoms with E-state index in [1.165, 1.54) is 10.4 Å². The second kappa shape index (κ2) is 9.98. The number of nitrogens with zero attached hydrogens (tertiary/aromatic N) is 2. The highest BCUT2D eigenvalue weighted by Gasteiger charge is 2.15. The zero-order chi connectivity index (χ0) is 21.6. The Hall–Kier alpha value is -2.83. The van der Waals surface area contributed by atoms with E-state index in [1.54, 1.807) is 23.1 Å². The lowest BCUT2D eigenvalue weighted by molar-refractivity contribution is 0.0948. The van der Waals surface area contributed by atoms with E-state index >= 15 is 0 Å². The molecule has 2 aromatic heterocycles. The lowest BCUT2D eigenvalue weighted by atomic mass is 10.1. The van der Waals surface area contributed by atoms with Crippen LogP contribution in [0.1, 0.15) is 37.7 Å². The summed E-state index contributed by atoms with van der Waals surface area (Å²) in [6, 6.07) is 22.3. The first-order chi connectivity index (χ1) is 15.1. The molecule has 0 aliphatic heterocycles. The molecule has 0 saturated heterocycles. The van der Waals surface area contributed by atoms with Crippen LogP contribution in [0.2, 0.25) is 0 Å². The van der Waals surface area contributed by atoms with Crippen molar-refractivity contribution in [1.82, 2.24) is 15.1 Å². The third-order valence-electron chi connectivity index (χ3n) is 5.21. The van der Waals surface area contributed by atoms with E-state index in [-0.39, 0.29) is 5.91 Å². The van der Waals surface area contributed by atoms with Crippen molar-refractivity contribution in [2.24, 2.45) is 0 Å². The molecule has 6 heteroatoms. The molecule has 1 N–H and O–H groups in total. The Kier molecular flexibility index (Phi) is 6.89. The Bertz CT molecular complexity index is 1150. The average molecular weight is 448 g/mol. The van der Waals surface area contributed by atoms with Crippen molar-refractivity contribution in [3.05, 3.63) is 105 Å². The van der Waals surface area contributed by atoms with Gasteiger partial charge >= 0.3 is 0 Å². The predicted molar refractivity (Wildman–Crippen MR) is 129 cm³/mol. The van der Waals surface area contributed by atoms with E-state index in [0.717, 1.165) is 39.7 Å². The summed E-state index contributed by atoms with van der Waals surface area (Å²) in [7, 11) is 0. The standard InChI is InChI=1S/C25H25N3OS2/c1-18-23(19(2)28(27-18)16-20-9-4-3-5-10-20)15-26-25(29)22-12-6-7-13-24(22)31-17-21-11-8-14-30-21/h3-14H,15-17H2,1-2H3,(H,26,29). The molecule has 0 aliphatic carbocycles. The number of thioether (sulfide) groups is 1. The zero-order valence-corrected chi connectivity index (χ0v) is 19.3. The Labute approximate surface area is 191 Å². The first kappa shape index (κ1) is 21.4. The van der Waals surface area contributed by atoms with Crippen LogP contribution in [0.4, 0.5) is 0 Å². The molecule has 4 rings (SSSR count). The molecular formula is C25H25N3OS2. The summed E-state index contributed by atoms with van der Waals surface area (Å²) in [5, 5.41) is 9.88. The van der Waals surface area contributed by atoms with Gasteiger partial charge in [0.05, 0.1) is 17.8 Å². The van der Waals surface area contributed by atoms with Crippen LogP contribution in [-0.2, 0) is 18.8 Å². The number of thiophene rings is 1. The molecule has 4 nitrogen and oxygen atoms in total. The summed E-state index contributed by atoms with van der Waals surface area (Å²) in [6.45, 7) is 5.26. The van der Waals surface area contributed by atoms with Crippen molar-refractivity contribution in [2.45, 2.75) is 37.6 Å². The third-order valence-corrected chi connectivity index (χ3v) is 7.40. The molecular weight excluding hydrogens is 422 g/mol. The molecule has 0 spiro atoms. The van der Waals surface area contributed by atoms with Gasteiger partial charge in [-0.3, -0.25) is 9.48 Å². The highest BCUT2D eigenvalue weighted by atomic mass is 32.2. The maximum atomic E-state index is 13.0. The topological polar surface area (TPSA) is 46.9 Å². The zero-order valence-electron chi connectivity index (χ0n) is 17.7. The quantitative estimate of drug-likeness (QED) is 0.346. The van der Waals surface area contributed by atoms with E-state index < -0.39 is 0 Å². The molecule has 4 aromatic rings. The van der Waals surface area contributed by atoms with Gasteiger partial charge in [-0.2, -0.15) is 5.10 Å². The maximum absolute atomic E-state index is 13.0. The van der Waals surface area contributed by atoms with Crippen LogP contribution in [0.15, 0.2) is 77.0 Å². The number of amides is 1. The third kappa shape index (κ3) is 5.27. The Balaban J connectivity index is 1.43. The van der Waals surface area contributed by atoms with Gasteiger partial charge in [0.15, 0.2) is 0 Å². The number of carbonyl (C=O) groups excluding carboxylic acids is 1. The van der Waals surface area contributed by atoms with E-state index in [4.69, 9.17) is 5.10 Å². The van der Waals surface area contributed by atoms with E-state index in [0.29, 0.717) is 6.54 Å². The number of benzene rings is 2. The molecule has 0 fully saturated rings. The van der Waals surface area contributed by atoms with Gasteiger partial charge in [0.2, 0.25) is 0 Å². The van der Waals surface area contributed by atoms with Crippen molar-refractivity contribution < 1.29 is 4.79 Å². The molecule has 2 heterocycles. The fraction of sp³-hybridized carbons (Fsp3) is 0.200. The van der Waals surface area contributed by atoms with Gasteiger partial charge < -0.3 is 5.32 Å². The number of nitrogens with one attached hydrogen (secondary N) is 1. The van der Waals surface area contributed by atoms with E-state index in [2.05, 4.69) is 41.9 Å². The van der Waals surface area contributed by atoms with Crippen LogP contribution in [0.3, 0.4) is 0 Å². The summed E-state index contributed by atoms with van der Waals surface area (Å²) in [6.07, 6.45) is 0. The lowest BCUT2D eigenvalue weighted by Crippen LogP contribution is -2.24. The Morgan fingerprint density at radius 1 is 1.03 bits per heavy atom. The molecule has 2 aromatic carbocycles. The van der Waals surface area contributed by atoms with Crippen LogP contribution in [-0.4, -0.2) is 15.7 Å². The van der Waals surface area contributed by atoms with Crippen molar-refractivity contribution >= 4 is 29.0 Å². The Morgan fingerprint density at radius 2 is 1.81 bits per heavy atom. The van der Waals surface area contributed by atoms with Crippen LogP contribution >= 0.6 is 23.1 Å². The minimum absolute atomic E-state index is 0.0520. The molecule has 0 radical (unpaired) electrons. The van der Waals surface area contributed by atoms with Gasteiger partial charge in [-0.15, -0.1) is 23.1 Å². The first-order valence-corrected chi connectivity index (χ1v) is 12.1. The number of hydrogen-bond acceptors (Lipinski definition) is 4. The van der Waals surface area contributed by atoms with Crippen molar-refractivity contribution in [3.8, 4) is 0 Å². The number of hydrogen-bond donors (Lipinski definition) is 1. The van der Waals surface area contributed by atoms with Crippen LogP contribution in [0.5, 0.6) is 0 Å². The summed E-state index contributed by atoms with van der Waals surface area (Å²) < 4.78 is 2.01. The predicted octanol–water partition coefficient (Wildman–Crippen LogP) is 5.83. The average Bonchev–Trinajstić information content (AvgIpc) is 3.40. The fourth-order valence-corrected chi connectivity index (χ4v) is 5.31. The van der Waals surface area contributed by atoms with Gasteiger partial charge in [0.25, 0.3) is 5.91 Å². The second-order valence-corrected chi connectivity index (χ2v) is 9.39. The number of rotatable bonds is 8. The summed E-state index contributed by atoms with van der Waals surface area (Å²) in [4.78, 5) is 15.3. The summed E-state index contributed by atoms with van der Waals surface area (Å²) in [5.41, 5.74) is 5.04. The van der Waals surface area contributed by atoms with Crippen molar-refractivity contribution in [2.75, 3.05) is 0 Å². The highest BCUT2D eigenvalue weighted by molar-refractivity contribution is 7.98.